The summed E-state index contributed by atoms with van der Waals surface area (Å²) >= 11 is 0. The van der Waals surface area contributed by atoms with Gasteiger partial charge in [-0.25, -0.2) is 0 Å². The van der Waals surface area contributed by atoms with Crippen LogP contribution in [0.5, 0.6) is 5.75 Å². The first-order valence-electron chi connectivity index (χ1n) is 7.57. The molecule has 0 fully saturated rings. The van der Waals surface area contributed by atoms with Crippen molar-refractivity contribution in [3.8, 4) is 5.75 Å². The Hall–Kier alpha value is -1.55. The minimum atomic E-state index is -0.779. The van der Waals surface area contributed by atoms with Gasteiger partial charge in [0.2, 0.25) is 0 Å². The molecule has 1 rings (SSSR count). The fourth-order valence-electron chi connectivity index (χ4n) is 2.28. The summed E-state index contributed by atoms with van der Waals surface area (Å²) in [5, 5.41) is 2.95. The highest BCUT2D eigenvalue weighted by molar-refractivity contribution is 5.97. The van der Waals surface area contributed by atoms with Gasteiger partial charge in [-0.1, -0.05) is 20.3 Å². The Bertz CT molecular complexity index is 473. The van der Waals surface area contributed by atoms with Crippen molar-refractivity contribution in [2.24, 2.45) is 0 Å². The minimum Gasteiger partial charge on any atom is -0.496 e. The molecule has 1 aromatic rings. The second-order valence-electron chi connectivity index (χ2n) is 5.47. The lowest BCUT2D eigenvalue weighted by Gasteiger charge is -2.28. The van der Waals surface area contributed by atoms with Gasteiger partial charge in [-0.15, -0.1) is 0 Å². The molecule has 4 nitrogen and oxygen atoms in total. The Morgan fingerprint density at radius 1 is 1.29 bits per heavy atom. The zero-order valence-electron chi connectivity index (χ0n) is 13.8. The van der Waals surface area contributed by atoms with Gasteiger partial charge in [0.25, 0.3) is 5.91 Å². The summed E-state index contributed by atoms with van der Waals surface area (Å²) in [6.07, 6.45) is 2.50. The first-order valence-corrected chi connectivity index (χ1v) is 7.57. The SMILES string of the molecule is CCCO[C@@](C)(CCC)C(=O)Nc1ccc(OC)c(C)c1. The van der Waals surface area contributed by atoms with Crippen molar-refractivity contribution in [3.05, 3.63) is 23.8 Å². The van der Waals surface area contributed by atoms with Crippen molar-refractivity contribution in [1.82, 2.24) is 0 Å². The molecule has 0 saturated heterocycles. The van der Waals surface area contributed by atoms with Crippen LogP contribution in [-0.4, -0.2) is 25.2 Å². The maximum Gasteiger partial charge on any atom is 0.256 e. The molecule has 1 amide bonds. The molecule has 0 saturated carbocycles. The van der Waals surface area contributed by atoms with Crippen LogP contribution in [0.4, 0.5) is 5.69 Å². The molecule has 118 valence electrons. The number of rotatable bonds is 8. The van der Waals surface area contributed by atoms with Crippen LogP contribution in [0.3, 0.4) is 0 Å². The van der Waals surface area contributed by atoms with Gasteiger partial charge in [-0.3, -0.25) is 4.79 Å². The molecule has 0 heterocycles. The molecule has 1 atom stereocenters. The highest BCUT2D eigenvalue weighted by Crippen LogP contribution is 2.24. The average Bonchev–Trinajstić information content (AvgIpc) is 2.45. The highest BCUT2D eigenvalue weighted by atomic mass is 16.5. The van der Waals surface area contributed by atoms with Crippen molar-refractivity contribution in [2.75, 3.05) is 19.0 Å². The molecule has 0 aliphatic carbocycles. The first-order chi connectivity index (χ1) is 9.96. The maximum absolute atomic E-state index is 12.5. The third kappa shape index (κ3) is 4.74. The summed E-state index contributed by atoms with van der Waals surface area (Å²) < 4.78 is 11.0. The number of ether oxygens (including phenoxy) is 2. The number of benzene rings is 1. The summed E-state index contributed by atoms with van der Waals surface area (Å²) in [5.74, 6) is 0.717. The zero-order chi connectivity index (χ0) is 15.9. The lowest BCUT2D eigenvalue weighted by Crippen LogP contribution is -2.43. The molecule has 1 N–H and O–H groups in total. The van der Waals surface area contributed by atoms with E-state index in [1.165, 1.54) is 0 Å². The van der Waals surface area contributed by atoms with Crippen LogP contribution in [-0.2, 0) is 9.53 Å². The van der Waals surface area contributed by atoms with Crippen molar-refractivity contribution < 1.29 is 14.3 Å². The summed E-state index contributed by atoms with van der Waals surface area (Å²) in [7, 11) is 1.64. The van der Waals surface area contributed by atoms with Crippen molar-refractivity contribution in [1.29, 1.82) is 0 Å². The van der Waals surface area contributed by atoms with Crippen molar-refractivity contribution in [2.45, 2.75) is 52.6 Å². The second-order valence-corrected chi connectivity index (χ2v) is 5.47. The monoisotopic (exact) mass is 293 g/mol. The van der Waals surface area contributed by atoms with E-state index in [4.69, 9.17) is 9.47 Å². The van der Waals surface area contributed by atoms with Crippen LogP contribution >= 0.6 is 0 Å². The summed E-state index contributed by atoms with van der Waals surface area (Å²) in [6.45, 7) is 8.49. The predicted octanol–water partition coefficient (Wildman–Crippen LogP) is 3.93. The minimum absolute atomic E-state index is 0.0950. The van der Waals surface area contributed by atoms with Crippen LogP contribution in [0, 0.1) is 6.92 Å². The first kappa shape index (κ1) is 17.5. The van der Waals surface area contributed by atoms with E-state index in [1.54, 1.807) is 7.11 Å². The standard InChI is InChI=1S/C17H27NO3/c1-6-10-17(4,21-11-7-2)16(19)18-14-8-9-15(20-5)13(3)12-14/h8-9,12H,6-7,10-11H2,1-5H3,(H,18,19)/t17-/m0/s1. The van der Waals surface area contributed by atoms with Gasteiger partial charge in [-0.2, -0.15) is 0 Å². The third-order valence-corrected chi connectivity index (χ3v) is 3.48. The number of amides is 1. The molecule has 0 unspecified atom stereocenters. The maximum atomic E-state index is 12.5. The topological polar surface area (TPSA) is 47.6 Å². The number of nitrogens with one attached hydrogen (secondary N) is 1. The summed E-state index contributed by atoms with van der Waals surface area (Å²) in [5.41, 5.74) is 0.973. The Morgan fingerprint density at radius 2 is 2.00 bits per heavy atom. The molecule has 0 spiro atoms. The van der Waals surface area contributed by atoms with E-state index in [0.29, 0.717) is 13.0 Å². The number of aryl methyl sites for hydroxylation is 1. The van der Waals surface area contributed by atoms with E-state index in [2.05, 4.69) is 12.2 Å². The van der Waals surface area contributed by atoms with Crippen LogP contribution in [0.1, 0.15) is 45.6 Å². The number of methoxy groups -OCH3 is 1. The molecule has 0 aliphatic heterocycles. The van der Waals surface area contributed by atoms with Gasteiger partial charge in [0.05, 0.1) is 7.11 Å². The van der Waals surface area contributed by atoms with Crippen LogP contribution in [0.25, 0.3) is 0 Å². The summed E-state index contributed by atoms with van der Waals surface area (Å²) in [4.78, 5) is 12.5. The number of anilines is 1. The molecule has 0 aromatic heterocycles. The van der Waals surface area contributed by atoms with Crippen molar-refractivity contribution >= 4 is 11.6 Å². The van der Waals surface area contributed by atoms with E-state index in [9.17, 15) is 4.79 Å². The molecule has 4 heteroatoms. The van der Waals surface area contributed by atoms with Gasteiger partial charge in [0.1, 0.15) is 11.4 Å². The molecular weight excluding hydrogens is 266 g/mol. The highest BCUT2D eigenvalue weighted by Gasteiger charge is 2.33. The molecule has 0 bridgehead atoms. The Balaban J connectivity index is 2.83. The van der Waals surface area contributed by atoms with E-state index >= 15 is 0 Å². The van der Waals surface area contributed by atoms with Crippen molar-refractivity contribution in [3.63, 3.8) is 0 Å². The normalized spacial score (nSPS) is 13.6. The summed E-state index contributed by atoms with van der Waals surface area (Å²) in [6, 6.07) is 5.61. The van der Waals surface area contributed by atoms with E-state index in [1.807, 2.05) is 39.0 Å². The molecule has 0 aliphatic rings. The lowest BCUT2D eigenvalue weighted by atomic mass is 9.99. The average molecular weight is 293 g/mol. The third-order valence-electron chi connectivity index (χ3n) is 3.48. The fraction of sp³-hybridized carbons (Fsp3) is 0.588. The number of carbonyl (C=O) groups excluding carboxylic acids is 1. The largest absolute Gasteiger partial charge is 0.496 e. The quantitative estimate of drug-likeness (QED) is 0.790. The molecular formula is C17H27NO3. The number of carbonyl (C=O) groups is 1. The molecule has 21 heavy (non-hydrogen) atoms. The fourth-order valence-corrected chi connectivity index (χ4v) is 2.28. The van der Waals surface area contributed by atoms with E-state index in [-0.39, 0.29) is 5.91 Å². The zero-order valence-corrected chi connectivity index (χ0v) is 13.8. The molecule has 1 aromatic carbocycles. The Morgan fingerprint density at radius 3 is 2.52 bits per heavy atom. The van der Waals surface area contributed by atoms with Gasteiger partial charge in [0.15, 0.2) is 0 Å². The lowest BCUT2D eigenvalue weighted by molar-refractivity contribution is -0.140. The van der Waals surface area contributed by atoms with Gasteiger partial charge >= 0.3 is 0 Å². The van der Waals surface area contributed by atoms with Gasteiger partial charge < -0.3 is 14.8 Å². The Kier molecular flexibility index (Phi) is 6.69. The number of hydrogen-bond donors (Lipinski definition) is 1. The second kappa shape index (κ2) is 8.03. The smallest absolute Gasteiger partial charge is 0.256 e. The van der Waals surface area contributed by atoms with Crippen LogP contribution in [0.2, 0.25) is 0 Å². The van der Waals surface area contributed by atoms with Gasteiger partial charge in [-0.05, 0) is 50.5 Å². The van der Waals surface area contributed by atoms with E-state index < -0.39 is 5.60 Å². The molecule has 0 radical (unpaired) electrons. The Labute approximate surface area is 127 Å². The van der Waals surface area contributed by atoms with Gasteiger partial charge in [0, 0.05) is 12.3 Å². The van der Waals surface area contributed by atoms with E-state index in [0.717, 1.165) is 29.8 Å². The number of hydrogen-bond acceptors (Lipinski definition) is 3. The van der Waals surface area contributed by atoms with Crippen LogP contribution in [0.15, 0.2) is 18.2 Å². The van der Waals surface area contributed by atoms with Crippen LogP contribution < -0.4 is 10.1 Å². The predicted molar refractivity (Wildman–Crippen MR) is 85.9 cm³/mol.